The molecule has 0 bridgehead atoms. The van der Waals surface area contributed by atoms with E-state index in [1.807, 2.05) is 0 Å². The van der Waals surface area contributed by atoms with E-state index in [0.717, 1.165) is 0 Å². The van der Waals surface area contributed by atoms with Gasteiger partial charge < -0.3 is 5.11 Å². The van der Waals surface area contributed by atoms with E-state index in [1.165, 1.54) is 29.5 Å². The molecule has 0 saturated carbocycles. The Bertz CT molecular complexity index is 815. The van der Waals surface area contributed by atoms with Crippen LogP contribution in [0, 0.1) is 6.92 Å². The van der Waals surface area contributed by atoms with Crippen LogP contribution in [0.3, 0.4) is 0 Å². The molecule has 0 fully saturated rings. The smallest absolute Gasteiger partial charge is 0.336 e. The molecule has 0 aliphatic carbocycles. The van der Waals surface area contributed by atoms with Crippen LogP contribution < -0.4 is 4.72 Å². The van der Waals surface area contributed by atoms with Gasteiger partial charge in [0.05, 0.1) is 13.1 Å². The van der Waals surface area contributed by atoms with Gasteiger partial charge in [-0.05, 0) is 62.5 Å². The second kappa shape index (κ2) is 6.07. The molecule has 5 nitrogen and oxygen atoms in total. The van der Waals surface area contributed by atoms with Gasteiger partial charge in [-0.1, -0.05) is 6.07 Å². The average molecular weight is 455 g/mol. The second-order valence-electron chi connectivity index (χ2n) is 4.13. The Morgan fingerprint density at radius 2 is 1.95 bits per heavy atom. The van der Waals surface area contributed by atoms with Gasteiger partial charge in [0.15, 0.2) is 0 Å². The Morgan fingerprint density at radius 1 is 1.29 bits per heavy atom. The third-order valence-electron chi connectivity index (χ3n) is 2.64. The predicted molar refractivity (Wildman–Crippen MR) is 88.7 cm³/mol. The van der Waals surface area contributed by atoms with Crippen LogP contribution in [0.4, 0.5) is 5.69 Å². The summed E-state index contributed by atoms with van der Waals surface area (Å²) in [7, 11) is -3.79. The van der Waals surface area contributed by atoms with Gasteiger partial charge in [0, 0.05) is 5.69 Å². The van der Waals surface area contributed by atoms with Gasteiger partial charge in [0.1, 0.15) is 4.90 Å². The Hall–Kier alpha value is -0.900. The number of thiophene rings is 1. The molecule has 0 amide bonds. The number of carboxylic acid groups (broad SMARTS) is 1. The SMILES string of the molecule is Cc1ccc(NS(=O)(=O)c2cc(Br)sc2Br)cc1C(=O)O. The number of hydrogen-bond acceptors (Lipinski definition) is 4. The zero-order chi connectivity index (χ0) is 15.8. The lowest BCUT2D eigenvalue weighted by Gasteiger charge is -2.09. The first-order chi connectivity index (χ1) is 9.70. The predicted octanol–water partition coefficient (Wildman–Crippen LogP) is 4.08. The summed E-state index contributed by atoms with van der Waals surface area (Å²) in [5.74, 6) is -1.10. The maximum absolute atomic E-state index is 12.3. The summed E-state index contributed by atoms with van der Waals surface area (Å²) in [5, 5.41) is 9.06. The molecule has 1 heterocycles. The fourth-order valence-electron chi connectivity index (χ4n) is 1.63. The first-order valence-electron chi connectivity index (χ1n) is 5.52. The Balaban J connectivity index is 2.40. The van der Waals surface area contributed by atoms with Gasteiger partial charge in [-0.15, -0.1) is 11.3 Å². The zero-order valence-corrected chi connectivity index (χ0v) is 15.4. The largest absolute Gasteiger partial charge is 0.478 e. The van der Waals surface area contributed by atoms with Crippen LogP contribution in [0.5, 0.6) is 0 Å². The lowest BCUT2D eigenvalue weighted by atomic mass is 10.1. The van der Waals surface area contributed by atoms with Gasteiger partial charge in [0.2, 0.25) is 0 Å². The van der Waals surface area contributed by atoms with Crippen molar-refractivity contribution in [2.24, 2.45) is 0 Å². The monoisotopic (exact) mass is 453 g/mol. The molecular weight excluding hydrogens is 446 g/mol. The van der Waals surface area contributed by atoms with E-state index in [9.17, 15) is 13.2 Å². The molecule has 1 aromatic heterocycles. The van der Waals surface area contributed by atoms with Gasteiger partial charge >= 0.3 is 5.97 Å². The molecule has 0 unspecified atom stereocenters. The van der Waals surface area contributed by atoms with Crippen LogP contribution in [0.1, 0.15) is 15.9 Å². The van der Waals surface area contributed by atoms with Crippen LogP contribution in [-0.4, -0.2) is 19.5 Å². The summed E-state index contributed by atoms with van der Waals surface area (Å²) in [6, 6.07) is 5.85. The molecule has 21 heavy (non-hydrogen) atoms. The number of hydrogen-bond donors (Lipinski definition) is 2. The minimum absolute atomic E-state index is 0.0563. The first-order valence-corrected chi connectivity index (χ1v) is 9.41. The Morgan fingerprint density at radius 3 is 2.48 bits per heavy atom. The number of benzene rings is 1. The standard InChI is InChI=1S/C12H9Br2NO4S2/c1-6-2-3-7(4-8(6)12(16)17)15-21(18,19)9-5-10(13)20-11(9)14/h2-5,15H,1H3,(H,16,17). The third kappa shape index (κ3) is 3.65. The number of halogens is 2. The molecule has 0 aliphatic rings. The molecule has 2 rings (SSSR count). The molecule has 0 atom stereocenters. The number of aromatic carboxylic acids is 1. The summed E-state index contributed by atoms with van der Waals surface area (Å²) >= 11 is 7.65. The van der Waals surface area contributed by atoms with Crippen molar-refractivity contribution >= 4 is 64.9 Å². The molecule has 1 aromatic carbocycles. The van der Waals surface area contributed by atoms with Crippen molar-refractivity contribution < 1.29 is 18.3 Å². The van der Waals surface area contributed by atoms with E-state index in [4.69, 9.17) is 5.11 Å². The number of carbonyl (C=O) groups is 1. The number of nitrogens with one attached hydrogen (secondary N) is 1. The van der Waals surface area contributed by atoms with Crippen LogP contribution in [-0.2, 0) is 10.0 Å². The number of aryl methyl sites for hydroxylation is 1. The van der Waals surface area contributed by atoms with Gasteiger partial charge in [-0.25, -0.2) is 13.2 Å². The topological polar surface area (TPSA) is 83.5 Å². The van der Waals surface area contributed by atoms with Crippen LogP contribution in [0.25, 0.3) is 0 Å². The second-order valence-corrected chi connectivity index (χ2v) is 9.53. The van der Waals surface area contributed by atoms with E-state index in [0.29, 0.717) is 13.1 Å². The molecule has 0 aliphatic heterocycles. The summed E-state index contributed by atoms with van der Waals surface area (Å²) in [5.41, 5.74) is 0.817. The maximum atomic E-state index is 12.3. The molecule has 112 valence electrons. The lowest BCUT2D eigenvalue weighted by Crippen LogP contribution is -2.13. The highest BCUT2D eigenvalue weighted by atomic mass is 79.9. The minimum Gasteiger partial charge on any atom is -0.478 e. The van der Waals surface area contributed by atoms with E-state index < -0.39 is 16.0 Å². The van der Waals surface area contributed by atoms with E-state index in [1.54, 1.807) is 13.0 Å². The number of anilines is 1. The molecule has 0 saturated heterocycles. The van der Waals surface area contributed by atoms with Crippen LogP contribution in [0.2, 0.25) is 0 Å². The molecular formula is C12H9Br2NO4S2. The van der Waals surface area contributed by atoms with Crippen molar-refractivity contribution in [3.05, 3.63) is 43.0 Å². The normalized spacial score (nSPS) is 11.4. The molecule has 0 spiro atoms. The van der Waals surface area contributed by atoms with Crippen molar-refractivity contribution in [2.45, 2.75) is 11.8 Å². The lowest BCUT2D eigenvalue weighted by molar-refractivity contribution is 0.0696. The average Bonchev–Trinajstić information content (AvgIpc) is 2.71. The van der Waals surface area contributed by atoms with Crippen molar-refractivity contribution in [1.82, 2.24) is 0 Å². The summed E-state index contributed by atoms with van der Waals surface area (Å²) in [6.45, 7) is 1.65. The Kier molecular flexibility index (Phi) is 4.76. The van der Waals surface area contributed by atoms with E-state index >= 15 is 0 Å². The van der Waals surface area contributed by atoms with Crippen LogP contribution >= 0.6 is 43.2 Å². The summed E-state index contributed by atoms with van der Waals surface area (Å²) < 4.78 is 28.1. The molecule has 2 N–H and O–H groups in total. The highest BCUT2D eigenvalue weighted by Gasteiger charge is 2.21. The first kappa shape index (κ1) is 16.5. The number of sulfonamides is 1. The maximum Gasteiger partial charge on any atom is 0.336 e. The highest BCUT2D eigenvalue weighted by molar-refractivity contribution is 9.12. The fraction of sp³-hybridized carbons (Fsp3) is 0.0833. The quantitative estimate of drug-likeness (QED) is 0.728. The van der Waals surface area contributed by atoms with Crippen LogP contribution in [0.15, 0.2) is 36.7 Å². The van der Waals surface area contributed by atoms with E-state index in [2.05, 4.69) is 36.6 Å². The molecule has 0 radical (unpaired) electrons. The van der Waals surface area contributed by atoms with Gasteiger partial charge in [-0.3, -0.25) is 4.72 Å². The zero-order valence-electron chi connectivity index (χ0n) is 10.6. The van der Waals surface area contributed by atoms with E-state index in [-0.39, 0.29) is 16.1 Å². The highest BCUT2D eigenvalue weighted by Crippen LogP contribution is 2.35. The van der Waals surface area contributed by atoms with Gasteiger partial charge in [0.25, 0.3) is 10.0 Å². The van der Waals surface area contributed by atoms with Crippen molar-refractivity contribution in [2.75, 3.05) is 4.72 Å². The molecule has 2 aromatic rings. The van der Waals surface area contributed by atoms with Crippen molar-refractivity contribution in [1.29, 1.82) is 0 Å². The summed E-state index contributed by atoms with van der Waals surface area (Å²) in [6.07, 6.45) is 0. The van der Waals surface area contributed by atoms with Crippen molar-refractivity contribution in [3.8, 4) is 0 Å². The van der Waals surface area contributed by atoms with Crippen molar-refractivity contribution in [3.63, 3.8) is 0 Å². The summed E-state index contributed by atoms with van der Waals surface area (Å²) in [4.78, 5) is 11.2. The molecule has 9 heteroatoms. The number of carboxylic acids is 1. The Labute approximate surface area is 142 Å². The third-order valence-corrected chi connectivity index (χ3v) is 6.77. The minimum atomic E-state index is -3.79. The van der Waals surface area contributed by atoms with Gasteiger partial charge in [-0.2, -0.15) is 0 Å². The fourth-order valence-corrected chi connectivity index (χ4v) is 6.50. The number of rotatable bonds is 4.